The molecule has 3 aromatic rings. The Balaban J connectivity index is 1.55. The van der Waals surface area contributed by atoms with E-state index in [4.69, 9.17) is 0 Å². The molecule has 37 heavy (non-hydrogen) atoms. The summed E-state index contributed by atoms with van der Waals surface area (Å²) in [6.45, 7) is 4.58. The number of hydrogen-bond donors (Lipinski definition) is 1. The highest BCUT2D eigenvalue weighted by atomic mass is 32.1. The third-order valence-electron chi connectivity index (χ3n) is 6.35. The number of aryl methyl sites for hydroxylation is 1. The predicted octanol–water partition coefficient (Wildman–Crippen LogP) is 5.28. The number of nitrogens with one attached hydrogen (secondary N) is 1. The summed E-state index contributed by atoms with van der Waals surface area (Å²) in [5.74, 6) is -0.474. The van der Waals surface area contributed by atoms with Crippen molar-refractivity contribution in [2.45, 2.75) is 39.3 Å². The molecule has 2 heterocycles. The SMILES string of the molecule is Cc1ccc(CNC(=O)c2cc(N=CN3CCCCC3)c(C(=O)N(C)Cc3ccccc3C#N)s2)cc1. The molecule has 1 aliphatic rings. The Hall–Kier alpha value is -3.96. The maximum atomic E-state index is 13.5. The van der Waals surface area contributed by atoms with Crippen LogP contribution in [0.3, 0.4) is 0 Å². The molecule has 2 aromatic carbocycles. The van der Waals surface area contributed by atoms with Gasteiger partial charge in [0.25, 0.3) is 11.8 Å². The number of thiophene rings is 1. The second kappa shape index (κ2) is 12.3. The largest absolute Gasteiger partial charge is 0.363 e. The van der Waals surface area contributed by atoms with Gasteiger partial charge in [0, 0.05) is 33.2 Å². The molecule has 8 heteroatoms. The molecule has 0 bridgehead atoms. The van der Waals surface area contributed by atoms with Crippen molar-refractivity contribution in [2.24, 2.45) is 4.99 Å². The van der Waals surface area contributed by atoms with Crippen LogP contribution in [0.4, 0.5) is 5.69 Å². The average molecular weight is 514 g/mol. The third kappa shape index (κ3) is 6.83. The number of likely N-dealkylation sites (tertiary alicyclic amines) is 1. The average Bonchev–Trinajstić information content (AvgIpc) is 3.36. The van der Waals surface area contributed by atoms with Gasteiger partial charge in [-0.1, -0.05) is 48.0 Å². The maximum Gasteiger partial charge on any atom is 0.266 e. The highest BCUT2D eigenvalue weighted by Gasteiger charge is 2.23. The van der Waals surface area contributed by atoms with Gasteiger partial charge >= 0.3 is 0 Å². The number of carbonyl (C=O) groups is 2. The molecule has 1 aliphatic heterocycles. The van der Waals surface area contributed by atoms with E-state index in [2.05, 4.69) is 21.3 Å². The number of piperidine rings is 1. The van der Waals surface area contributed by atoms with Gasteiger partial charge in [0.15, 0.2) is 0 Å². The van der Waals surface area contributed by atoms with Crippen LogP contribution in [0.25, 0.3) is 0 Å². The number of hydrogen-bond acceptors (Lipinski definition) is 5. The number of benzene rings is 2. The first-order valence-electron chi connectivity index (χ1n) is 12.4. The molecule has 1 saturated heterocycles. The molecule has 0 saturated carbocycles. The van der Waals surface area contributed by atoms with E-state index in [9.17, 15) is 14.9 Å². The maximum absolute atomic E-state index is 13.5. The van der Waals surface area contributed by atoms with Crippen LogP contribution >= 0.6 is 11.3 Å². The van der Waals surface area contributed by atoms with E-state index in [0.29, 0.717) is 27.5 Å². The van der Waals surface area contributed by atoms with Crippen LogP contribution < -0.4 is 5.32 Å². The summed E-state index contributed by atoms with van der Waals surface area (Å²) in [5, 5.41) is 12.4. The highest BCUT2D eigenvalue weighted by molar-refractivity contribution is 7.16. The lowest BCUT2D eigenvalue weighted by Crippen LogP contribution is -2.28. The quantitative estimate of drug-likeness (QED) is 0.328. The Morgan fingerprint density at radius 2 is 1.86 bits per heavy atom. The van der Waals surface area contributed by atoms with Crippen molar-refractivity contribution in [3.8, 4) is 6.07 Å². The molecule has 4 rings (SSSR count). The van der Waals surface area contributed by atoms with Crippen molar-refractivity contribution in [2.75, 3.05) is 20.1 Å². The van der Waals surface area contributed by atoms with Crippen LogP contribution in [0, 0.1) is 18.3 Å². The fraction of sp³-hybridized carbons (Fsp3) is 0.310. The van der Waals surface area contributed by atoms with E-state index >= 15 is 0 Å². The molecule has 0 radical (unpaired) electrons. The first-order chi connectivity index (χ1) is 17.9. The molecule has 2 amide bonds. The predicted molar refractivity (Wildman–Crippen MR) is 147 cm³/mol. The van der Waals surface area contributed by atoms with Gasteiger partial charge in [-0.25, -0.2) is 4.99 Å². The summed E-state index contributed by atoms with van der Waals surface area (Å²) in [7, 11) is 1.70. The number of nitrogens with zero attached hydrogens (tertiary/aromatic N) is 4. The lowest BCUT2D eigenvalue weighted by atomic mass is 10.1. The van der Waals surface area contributed by atoms with Crippen LogP contribution in [0.2, 0.25) is 0 Å². The molecule has 190 valence electrons. The smallest absolute Gasteiger partial charge is 0.266 e. The number of carbonyl (C=O) groups excluding carboxylic acids is 2. The Labute approximate surface area is 222 Å². The first-order valence-corrected chi connectivity index (χ1v) is 13.3. The molecular formula is C29H31N5O2S. The molecule has 0 atom stereocenters. The normalized spacial score (nSPS) is 13.4. The van der Waals surface area contributed by atoms with E-state index in [-0.39, 0.29) is 18.4 Å². The molecule has 0 unspecified atom stereocenters. The fourth-order valence-corrected chi connectivity index (χ4v) is 5.18. The topological polar surface area (TPSA) is 88.8 Å². The molecular weight excluding hydrogens is 482 g/mol. The van der Waals surface area contributed by atoms with Crippen molar-refractivity contribution < 1.29 is 9.59 Å². The Kier molecular flexibility index (Phi) is 8.70. The summed E-state index contributed by atoms with van der Waals surface area (Å²) in [4.78, 5) is 35.7. The first kappa shape index (κ1) is 26.1. The van der Waals surface area contributed by atoms with Crippen molar-refractivity contribution in [3.05, 3.63) is 86.6 Å². The molecule has 1 N–H and O–H groups in total. The zero-order valence-electron chi connectivity index (χ0n) is 21.2. The van der Waals surface area contributed by atoms with E-state index < -0.39 is 0 Å². The number of aliphatic imine (C=N–C) groups is 1. The van der Waals surface area contributed by atoms with Gasteiger partial charge in [-0.2, -0.15) is 5.26 Å². The van der Waals surface area contributed by atoms with E-state index in [1.165, 1.54) is 6.42 Å². The van der Waals surface area contributed by atoms with Gasteiger partial charge < -0.3 is 15.1 Å². The number of amides is 2. The molecule has 0 spiro atoms. The minimum absolute atomic E-state index is 0.235. The summed E-state index contributed by atoms with van der Waals surface area (Å²) in [5.41, 5.74) is 3.96. The van der Waals surface area contributed by atoms with Crippen molar-refractivity contribution in [3.63, 3.8) is 0 Å². The standard InChI is InChI=1S/C29H31N5O2S/c1-21-10-12-22(13-11-21)18-31-28(35)26-16-25(32-20-34-14-6-3-7-15-34)27(37-26)29(36)33(2)19-24-9-5-4-8-23(24)17-30/h4-5,8-13,16,20H,3,6-7,14-15,18-19H2,1-2H3,(H,31,35). The number of rotatable bonds is 8. The molecule has 7 nitrogen and oxygen atoms in total. The number of nitriles is 1. The Bertz CT molecular complexity index is 1320. The van der Waals surface area contributed by atoms with Crippen LogP contribution in [0.15, 0.2) is 59.6 Å². The lowest BCUT2D eigenvalue weighted by molar-refractivity contribution is 0.0790. The van der Waals surface area contributed by atoms with Gasteiger partial charge in [0.05, 0.1) is 28.5 Å². The molecule has 0 aliphatic carbocycles. The monoisotopic (exact) mass is 513 g/mol. The third-order valence-corrected chi connectivity index (χ3v) is 7.46. The summed E-state index contributed by atoms with van der Waals surface area (Å²) < 4.78 is 0. The van der Waals surface area contributed by atoms with Crippen molar-refractivity contribution >= 4 is 35.2 Å². The molecule has 1 aromatic heterocycles. The summed E-state index contributed by atoms with van der Waals surface area (Å²) in [6, 6.07) is 19.1. The van der Waals surface area contributed by atoms with Crippen LogP contribution in [0.1, 0.15) is 60.9 Å². The van der Waals surface area contributed by atoms with E-state index in [0.717, 1.165) is 54.0 Å². The molecule has 1 fully saturated rings. The Morgan fingerprint density at radius 1 is 1.14 bits per heavy atom. The highest BCUT2D eigenvalue weighted by Crippen LogP contribution is 2.31. The fourth-order valence-electron chi connectivity index (χ4n) is 4.16. The van der Waals surface area contributed by atoms with Gasteiger partial charge in [-0.15, -0.1) is 11.3 Å². The van der Waals surface area contributed by atoms with Gasteiger partial charge in [-0.05, 0) is 49.4 Å². The van der Waals surface area contributed by atoms with Crippen LogP contribution in [-0.4, -0.2) is 48.1 Å². The zero-order valence-corrected chi connectivity index (χ0v) is 22.1. The van der Waals surface area contributed by atoms with Gasteiger partial charge in [0.1, 0.15) is 4.88 Å². The minimum Gasteiger partial charge on any atom is -0.363 e. The second-order valence-electron chi connectivity index (χ2n) is 9.26. The van der Waals surface area contributed by atoms with E-state index in [1.54, 1.807) is 36.5 Å². The van der Waals surface area contributed by atoms with Crippen LogP contribution in [-0.2, 0) is 13.1 Å². The second-order valence-corrected chi connectivity index (χ2v) is 10.3. The van der Waals surface area contributed by atoms with Gasteiger partial charge in [0.2, 0.25) is 0 Å². The summed E-state index contributed by atoms with van der Waals surface area (Å²) in [6.07, 6.45) is 5.24. The van der Waals surface area contributed by atoms with E-state index in [1.807, 2.05) is 43.3 Å². The zero-order chi connectivity index (χ0) is 26.2. The Morgan fingerprint density at radius 3 is 2.59 bits per heavy atom. The van der Waals surface area contributed by atoms with Crippen molar-refractivity contribution in [1.82, 2.24) is 15.1 Å². The van der Waals surface area contributed by atoms with Crippen molar-refractivity contribution in [1.29, 1.82) is 5.26 Å². The van der Waals surface area contributed by atoms with Gasteiger partial charge in [-0.3, -0.25) is 9.59 Å². The minimum atomic E-state index is -0.239. The summed E-state index contributed by atoms with van der Waals surface area (Å²) >= 11 is 1.15. The lowest BCUT2D eigenvalue weighted by Gasteiger charge is -2.23. The van der Waals surface area contributed by atoms with Crippen LogP contribution in [0.5, 0.6) is 0 Å².